The SMILES string of the molecule is CN(C(=O)[C@H](Cc1cc(F)cc(F)c1)NC(=O)OC(C)(C)C)c1ccc(C2CC2)nc1. The van der Waals surface area contributed by atoms with Gasteiger partial charge in [0.1, 0.15) is 23.3 Å². The minimum atomic E-state index is -1.09. The number of ether oxygens (including phenoxy) is 1. The van der Waals surface area contributed by atoms with E-state index < -0.39 is 35.3 Å². The average Bonchev–Trinajstić information content (AvgIpc) is 3.49. The van der Waals surface area contributed by atoms with E-state index in [1.54, 1.807) is 40.1 Å². The van der Waals surface area contributed by atoms with Crippen LogP contribution in [0.5, 0.6) is 0 Å². The first kappa shape index (κ1) is 22.7. The van der Waals surface area contributed by atoms with Gasteiger partial charge in [0.25, 0.3) is 0 Å². The van der Waals surface area contributed by atoms with Crippen LogP contribution in [0.4, 0.5) is 19.3 Å². The van der Waals surface area contributed by atoms with Crippen molar-refractivity contribution in [2.45, 2.75) is 57.6 Å². The average molecular weight is 431 g/mol. The van der Waals surface area contributed by atoms with E-state index in [2.05, 4.69) is 10.3 Å². The highest BCUT2D eigenvalue weighted by molar-refractivity contribution is 5.98. The van der Waals surface area contributed by atoms with Crippen molar-refractivity contribution in [3.05, 3.63) is 59.4 Å². The van der Waals surface area contributed by atoms with E-state index in [-0.39, 0.29) is 12.0 Å². The van der Waals surface area contributed by atoms with E-state index in [4.69, 9.17) is 4.74 Å². The van der Waals surface area contributed by atoms with Crippen LogP contribution in [0.2, 0.25) is 0 Å². The lowest BCUT2D eigenvalue weighted by molar-refractivity contribution is -0.120. The van der Waals surface area contributed by atoms with Gasteiger partial charge in [-0.25, -0.2) is 13.6 Å². The van der Waals surface area contributed by atoms with Crippen molar-refractivity contribution in [2.75, 3.05) is 11.9 Å². The molecular formula is C23H27F2N3O3. The summed E-state index contributed by atoms with van der Waals surface area (Å²) < 4.78 is 32.5. The maximum Gasteiger partial charge on any atom is 0.408 e. The molecule has 3 rings (SSSR count). The number of hydrogen-bond acceptors (Lipinski definition) is 4. The fourth-order valence-electron chi connectivity index (χ4n) is 3.19. The Morgan fingerprint density at radius 1 is 1.19 bits per heavy atom. The van der Waals surface area contributed by atoms with Gasteiger partial charge in [-0.05, 0) is 63.4 Å². The molecule has 1 aromatic carbocycles. The maximum absolute atomic E-state index is 13.6. The molecule has 1 aromatic heterocycles. The summed E-state index contributed by atoms with van der Waals surface area (Å²) in [6.45, 7) is 5.10. The zero-order chi connectivity index (χ0) is 22.8. The number of nitrogens with one attached hydrogen (secondary N) is 1. The van der Waals surface area contributed by atoms with E-state index in [9.17, 15) is 18.4 Å². The molecule has 166 valence electrons. The molecular weight excluding hydrogens is 404 g/mol. The van der Waals surface area contributed by atoms with Crippen LogP contribution in [-0.2, 0) is 16.0 Å². The van der Waals surface area contributed by atoms with Crippen LogP contribution in [0.25, 0.3) is 0 Å². The summed E-state index contributed by atoms with van der Waals surface area (Å²) in [4.78, 5) is 31.3. The largest absolute Gasteiger partial charge is 0.444 e. The normalized spacial score (nSPS) is 14.6. The van der Waals surface area contributed by atoms with Gasteiger partial charge in [0.15, 0.2) is 0 Å². The Kier molecular flexibility index (Phi) is 6.57. The van der Waals surface area contributed by atoms with Gasteiger partial charge in [0.2, 0.25) is 5.91 Å². The molecule has 6 nitrogen and oxygen atoms in total. The second-order valence-corrected chi connectivity index (χ2v) is 8.79. The van der Waals surface area contributed by atoms with E-state index in [1.807, 2.05) is 6.07 Å². The first-order valence-corrected chi connectivity index (χ1v) is 10.2. The van der Waals surface area contributed by atoms with Gasteiger partial charge in [0.05, 0.1) is 11.9 Å². The summed E-state index contributed by atoms with van der Waals surface area (Å²) in [5.41, 5.74) is 1.01. The van der Waals surface area contributed by atoms with Gasteiger partial charge in [-0.3, -0.25) is 9.78 Å². The highest BCUT2D eigenvalue weighted by Gasteiger charge is 2.29. The molecule has 2 amide bonds. The summed E-state index contributed by atoms with van der Waals surface area (Å²) in [7, 11) is 1.56. The molecule has 1 heterocycles. The van der Waals surface area contributed by atoms with Crippen LogP contribution >= 0.6 is 0 Å². The van der Waals surface area contributed by atoms with Crippen LogP contribution in [0.15, 0.2) is 36.5 Å². The predicted octanol–water partition coefficient (Wildman–Crippen LogP) is 4.34. The lowest BCUT2D eigenvalue weighted by atomic mass is 10.0. The minimum absolute atomic E-state index is 0.106. The molecule has 1 N–H and O–H groups in total. The number of carbonyl (C=O) groups excluding carboxylic acids is 2. The van der Waals surface area contributed by atoms with Gasteiger partial charge >= 0.3 is 6.09 Å². The number of halogens is 2. The highest BCUT2D eigenvalue weighted by atomic mass is 19.1. The number of likely N-dealkylation sites (N-methyl/N-ethyl adjacent to an activating group) is 1. The van der Waals surface area contributed by atoms with Crippen LogP contribution in [-0.4, -0.2) is 35.7 Å². The van der Waals surface area contributed by atoms with Crippen molar-refractivity contribution in [1.29, 1.82) is 0 Å². The fraction of sp³-hybridized carbons (Fsp3) is 0.435. The Morgan fingerprint density at radius 2 is 1.84 bits per heavy atom. The van der Waals surface area contributed by atoms with Crippen molar-refractivity contribution in [2.24, 2.45) is 0 Å². The Balaban J connectivity index is 1.80. The summed E-state index contributed by atoms with van der Waals surface area (Å²) in [6, 6.07) is 5.60. The van der Waals surface area contributed by atoms with Crippen LogP contribution in [0.3, 0.4) is 0 Å². The number of anilines is 1. The third-order valence-corrected chi connectivity index (χ3v) is 4.84. The fourth-order valence-corrected chi connectivity index (χ4v) is 3.19. The zero-order valence-corrected chi connectivity index (χ0v) is 18.1. The summed E-state index contributed by atoms with van der Waals surface area (Å²) in [5.74, 6) is -1.49. The number of alkyl carbamates (subject to hydrolysis) is 1. The van der Waals surface area contributed by atoms with E-state index in [0.717, 1.165) is 36.7 Å². The quantitative estimate of drug-likeness (QED) is 0.739. The van der Waals surface area contributed by atoms with E-state index in [0.29, 0.717) is 11.6 Å². The molecule has 0 aliphatic heterocycles. The van der Waals surface area contributed by atoms with Gasteiger partial charge in [0, 0.05) is 31.1 Å². The molecule has 2 aromatic rings. The third-order valence-electron chi connectivity index (χ3n) is 4.84. The van der Waals surface area contributed by atoms with Crippen molar-refractivity contribution >= 4 is 17.7 Å². The molecule has 31 heavy (non-hydrogen) atoms. The summed E-state index contributed by atoms with van der Waals surface area (Å²) >= 11 is 0. The number of nitrogens with zero attached hydrogens (tertiary/aromatic N) is 2. The first-order chi connectivity index (χ1) is 14.5. The second kappa shape index (κ2) is 8.99. The Labute approximate surface area is 180 Å². The molecule has 1 aliphatic carbocycles. The lowest BCUT2D eigenvalue weighted by Crippen LogP contribution is -2.50. The molecule has 1 fully saturated rings. The van der Waals surface area contributed by atoms with Crippen LogP contribution < -0.4 is 10.2 Å². The number of amides is 2. The lowest BCUT2D eigenvalue weighted by Gasteiger charge is -2.26. The Hall–Kier alpha value is -3.03. The zero-order valence-electron chi connectivity index (χ0n) is 18.1. The van der Waals surface area contributed by atoms with Crippen molar-refractivity contribution < 1.29 is 23.1 Å². The number of carbonyl (C=O) groups is 2. The molecule has 0 saturated heterocycles. The summed E-state index contributed by atoms with van der Waals surface area (Å²) in [5, 5.41) is 2.53. The molecule has 1 aliphatic rings. The molecule has 1 atom stereocenters. The van der Waals surface area contributed by atoms with Crippen molar-refractivity contribution in [3.63, 3.8) is 0 Å². The number of rotatable bonds is 6. The van der Waals surface area contributed by atoms with Gasteiger partial charge in [-0.2, -0.15) is 0 Å². The van der Waals surface area contributed by atoms with Crippen molar-refractivity contribution in [3.8, 4) is 0 Å². The minimum Gasteiger partial charge on any atom is -0.444 e. The molecule has 8 heteroatoms. The molecule has 0 bridgehead atoms. The van der Waals surface area contributed by atoms with Crippen molar-refractivity contribution in [1.82, 2.24) is 10.3 Å². The number of pyridine rings is 1. The number of aromatic nitrogens is 1. The Bertz CT molecular complexity index is 933. The first-order valence-electron chi connectivity index (χ1n) is 10.2. The molecule has 1 saturated carbocycles. The maximum atomic E-state index is 13.6. The van der Waals surface area contributed by atoms with Crippen LogP contribution in [0, 0.1) is 11.6 Å². The molecule has 0 spiro atoms. The van der Waals surface area contributed by atoms with Gasteiger partial charge in [-0.15, -0.1) is 0 Å². The highest BCUT2D eigenvalue weighted by Crippen LogP contribution is 2.39. The molecule has 0 radical (unpaired) electrons. The third kappa shape index (κ3) is 6.47. The smallest absolute Gasteiger partial charge is 0.408 e. The Morgan fingerprint density at radius 3 is 2.35 bits per heavy atom. The van der Waals surface area contributed by atoms with E-state index >= 15 is 0 Å². The van der Waals surface area contributed by atoms with Crippen LogP contribution in [0.1, 0.15) is 50.8 Å². The van der Waals surface area contributed by atoms with E-state index in [1.165, 1.54) is 4.90 Å². The topological polar surface area (TPSA) is 71.5 Å². The second-order valence-electron chi connectivity index (χ2n) is 8.79. The number of hydrogen-bond donors (Lipinski definition) is 1. The molecule has 0 unspecified atom stereocenters. The predicted molar refractivity (Wildman–Crippen MR) is 113 cm³/mol. The monoisotopic (exact) mass is 431 g/mol. The summed E-state index contributed by atoms with van der Waals surface area (Å²) in [6.07, 6.45) is 2.95. The van der Waals surface area contributed by atoms with Gasteiger partial charge in [-0.1, -0.05) is 0 Å². The number of benzene rings is 1. The van der Waals surface area contributed by atoms with Gasteiger partial charge < -0.3 is 15.0 Å². The standard InChI is InChI=1S/C23H27F2N3O3/c1-23(2,3)31-22(30)27-20(11-14-9-16(24)12-17(25)10-14)21(29)28(4)18-7-8-19(26-13-18)15-5-6-15/h7-10,12-13,15,20H,5-6,11H2,1-4H3,(H,27,30)/t20-/m0/s1.